The summed E-state index contributed by atoms with van der Waals surface area (Å²) in [5, 5.41) is 0. The molecule has 7 rings (SSSR count). The highest BCUT2D eigenvalue weighted by Gasteiger charge is 2.70. The number of benzene rings is 3. The molecular weight excluding hydrogens is 358 g/mol. The summed E-state index contributed by atoms with van der Waals surface area (Å²) in [4.78, 5) is 29.1. The molecule has 3 aromatic carbocycles. The van der Waals surface area contributed by atoms with Crippen LogP contribution in [0.1, 0.15) is 36.1 Å². The minimum atomic E-state index is -0.522. The van der Waals surface area contributed by atoms with Crippen LogP contribution < -0.4 is 4.90 Å². The number of hydrogen-bond acceptors (Lipinski definition) is 2. The lowest BCUT2D eigenvalue weighted by molar-refractivity contribution is -0.124. The Labute approximate surface area is 170 Å². The van der Waals surface area contributed by atoms with Crippen molar-refractivity contribution in [1.82, 2.24) is 0 Å². The molecule has 1 saturated heterocycles. The molecule has 0 saturated carbocycles. The maximum atomic E-state index is 13.8. The average molecular weight is 379 g/mol. The summed E-state index contributed by atoms with van der Waals surface area (Å²) in [6.07, 6.45) is 0. The molecule has 2 bridgehead atoms. The van der Waals surface area contributed by atoms with E-state index in [1.165, 1.54) is 27.2 Å². The third-order valence-electron chi connectivity index (χ3n) is 7.66. The molecule has 3 heteroatoms. The summed E-state index contributed by atoms with van der Waals surface area (Å²) in [6, 6.07) is 26.1. The van der Waals surface area contributed by atoms with Crippen LogP contribution in [0.25, 0.3) is 0 Å². The van der Waals surface area contributed by atoms with Crippen LogP contribution in [0.3, 0.4) is 0 Å². The lowest BCUT2D eigenvalue weighted by Gasteiger charge is -2.57. The Morgan fingerprint density at radius 3 is 1.31 bits per heavy atom. The number of amides is 2. The Bertz CT molecular complexity index is 1070. The molecule has 0 unspecified atom stereocenters. The fourth-order valence-corrected chi connectivity index (χ4v) is 6.40. The summed E-state index contributed by atoms with van der Waals surface area (Å²) in [7, 11) is 0. The first-order valence-electron chi connectivity index (χ1n) is 10.1. The van der Waals surface area contributed by atoms with Crippen molar-refractivity contribution in [2.75, 3.05) is 4.90 Å². The van der Waals surface area contributed by atoms with Crippen molar-refractivity contribution in [3.63, 3.8) is 0 Å². The summed E-state index contributed by atoms with van der Waals surface area (Å²) in [5.41, 5.74) is 4.34. The highest BCUT2D eigenvalue weighted by Crippen LogP contribution is 2.66. The minimum Gasteiger partial charge on any atom is -0.274 e. The Balaban J connectivity index is 1.69. The largest absolute Gasteiger partial charge is 0.274 e. The van der Waals surface area contributed by atoms with Gasteiger partial charge in [-0.25, -0.2) is 4.90 Å². The quantitative estimate of drug-likeness (QED) is 0.587. The molecular formula is C26H21NO2. The molecule has 2 atom stereocenters. The zero-order valence-electron chi connectivity index (χ0n) is 16.4. The fourth-order valence-electron chi connectivity index (χ4n) is 6.40. The standard InChI is InChI=1S/C26H21NO2/c1-25-17-12-6-8-14-19(17)26(2,20-15-9-7-13-18(20)25)22-21(25)23(28)27(24(22)29)16-10-4-3-5-11-16/h3-15,21-22H,1-2H3/t21-,22-,25?,26?/m1/s1. The predicted molar refractivity (Wildman–Crippen MR) is 112 cm³/mol. The zero-order valence-corrected chi connectivity index (χ0v) is 16.4. The van der Waals surface area contributed by atoms with E-state index in [1.807, 2.05) is 54.6 Å². The number of carbonyl (C=O) groups excluding carboxylic acids is 2. The zero-order chi connectivity index (χ0) is 20.0. The molecule has 3 aliphatic carbocycles. The molecule has 1 fully saturated rings. The molecule has 0 N–H and O–H groups in total. The number of hydrogen-bond donors (Lipinski definition) is 0. The van der Waals surface area contributed by atoms with E-state index < -0.39 is 22.7 Å². The Morgan fingerprint density at radius 1 is 0.586 bits per heavy atom. The third-order valence-corrected chi connectivity index (χ3v) is 7.66. The van der Waals surface area contributed by atoms with Gasteiger partial charge < -0.3 is 0 Å². The molecule has 0 aromatic heterocycles. The number of anilines is 1. The Kier molecular flexibility index (Phi) is 3.02. The molecule has 3 aromatic rings. The van der Waals surface area contributed by atoms with Crippen LogP contribution in [0.4, 0.5) is 5.69 Å². The van der Waals surface area contributed by atoms with E-state index in [2.05, 4.69) is 38.1 Å². The molecule has 1 aliphatic heterocycles. The van der Waals surface area contributed by atoms with Crippen LogP contribution in [0.2, 0.25) is 0 Å². The molecule has 3 nitrogen and oxygen atoms in total. The SMILES string of the molecule is CC12c3ccccc3C(C)(c3ccccc31)[C@H]1C(=O)N(c3ccccc3)C(=O)[C@@H]12. The number of para-hydroxylation sites is 1. The van der Waals surface area contributed by atoms with E-state index in [9.17, 15) is 9.59 Å². The van der Waals surface area contributed by atoms with E-state index in [0.717, 1.165) is 0 Å². The van der Waals surface area contributed by atoms with Gasteiger partial charge in [-0.15, -0.1) is 0 Å². The average Bonchev–Trinajstić information content (AvgIpc) is 3.04. The second-order valence-corrected chi connectivity index (χ2v) is 8.80. The van der Waals surface area contributed by atoms with Crippen LogP contribution in [-0.2, 0) is 20.4 Å². The first kappa shape index (κ1) is 16.7. The van der Waals surface area contributed by atoms with Gasteiger partial charge in [0.25, 0.3) is 0 Å². The number of carbonyl (C=O) groups is 2. The van der Waals surface area contributed by atoms with Gasteiger partial charge >= 0.3 is 0 Å². The molecule has 0 radical (unpaired) electrons. The first-order valence-corrected chi connectivity index (χ1v) is 10.1. The maximum Gasteiger partial charge on any atom is 0.238 e. The molecule has 2 amide bonds. The molecule has 142 valence electrons. The second-order valence-electron chi connectivity index (χ2n) is 8.80. The van der Waals surface area contributed by atoms with Crippen molar-refractivity contribution >= 4 is 17.5 Å². The van der Waals surface area contributed by atoms with Crippen molar-refractivity contribution in [3.8, 4) is 0 Å². The third kappa shape index (κ3) is 1.71. The van der Waals surface area contributed by atoms with Gasteiger partial charge in [0.15, 0.2) is 0 Å². The summed E-state index contributed by atoms with van der Waals surface area (Å²) in [5.74, 6) is -0.956. The maximum absolute atomic E-state index is 13.8. The molecule has 1 heterocycles. The first-order chi connectivity index (χ1) is 14.0. The summed E-state index contributed by atoms with van der Waals surface area (Å²) >= 11 is 0. The van der Waals surface area contributed by atoms with E-state index in [1.54, 1.807) is 0 Å². The monoisotopic (exact) mass is 379 g/mol. The molecule has 4 aliphatic rings. The summed E-state index contributed by atoms with van der Waals surface area (Å²) in [6.45, 7) is 4.31. The van der Waals surface area contributed by atoms with E-state index >= 15 is 0 Å². The normalized spacial score (nSPS) is 31.4. The van der Waals surface area contributed by atoms with Crippen LogP contribution in [0.5, 0.6) is 0 Å². The van der Waals surface area contributed by atoms with Crippen molar-refractivity contribution in [2.24, 2.45) is 11.8 Å². The van der Waals surface area contributed by atoms with Crippen molar-refractivity contribution < 1.29 is 9.59 Å². The van der Waals surface area contributed by atoms with Crippen molar-refractivity contribution in [1.29, 1.82) is 0 Å². The van der Waals surface area contributed by atoms with Gasteiger partial charge in [-0.2, -0.15) is 0 Å². The smallest absolute Gasteiger partial charge is 0.238 e. The Hall–Kier alpha value is -3.20. The Morgan fingerprint density at radius 2 is 0.931 bits per heavy atom. The highest BCUT2D eigenvalue weighted by molar-refractivity contribution is 6.24. The van der Waals surface area contributed by atoms with Gasteiger partial charge in [0.1, 0.15) is 0 Å². The second kappa shape index (κ2) is 5.24. The van der Waals surface area contributed by atoms with Crippen molar-refractivity contribution in [3.05, 3.63) is 101 Å². The minimum absolute atomic E-state index is 0.0797. The van der Waals surface area contributed by atoms with E-state index in [0.29, 0.717) is 5.69 Å². The highest BCUT2D eigenvalue weighted by atomic mass is 16.2. The van der Waals surface area contributed by atoms with Crippen LogP contribution >= 0.6 is 0 Å². The van der Waals surface area contributed by atoms with Crippen LogP contribution in [0, 0.1) is 11.8 Å². The van der Waals surface area contributed by atoms with E-state index in [-0.39, 0.29) is 11.8 Å². The van der Waals surface area contributed by atoms with Crippen LogP contribution in [-0.4, -0.2) is 11.8 Å². The van der Waals surface area contributed by atoms with Gasteiger partial charge in [0.05, 0.1) is 17.5 Å². The topological polar surface area (TPSA) is 37.4 Å². The van der Waals surface area contributed by atoms with Gasteiger partial charge in [-0.3, -0.25) is 9.59 Å². The number of imide groups is 1. The van der Waals surface area contributed by atoms with Gasteiger partial charge in [0.2, 0.25) is 11.8 Å². The number of rotatable bonds is 1. The lowest BCUT2D eigenvalue weighted by atomic mass is 9.42. The van der Waals surface area contributed by atoms with Gasteiger partial charge in [-0.1, -0.05) is 80.6 Å². The fraction of sp³-hybridized carbons (Fsp3) is 0.231. The van der Waals surface area contributed by atoms with Gasteiger partial charge in [-0.05, 0) is 34.4 Å². The van der Waals surface area contributed by atoms with E-state index in [4.69, 9.17) is 0 Å². The van der Waals surface area contributed by atoms with Gasteiger partial charge in [0, 0.05) is 10.8 Å². The predicted octanol–water partition coefficient (Wildman–Crippen LogP) is 4.43. The van der Waals surface area contributed by atoms with Crippen molar-refractivity contribution in [2.45, 2.75) is 24.7 Å². The lowest BCUT2D eigenvalue weighted by Crippen LogP contribution is -2.59. The van der Waals surface area contributed by atoms with Crippen LogP contribution in [0.15, 0.2) is 78.9 Å². The summed E-state index contributed by atoms with van der Waals surface area (Å²) < 4.78 is 0. The number of nitrogens with zero attached hydrogens (tertiary/aromatic N) is 1. The molecule has 29 heavy (non-hydrogen) atoms. The molecule has 0 spiro atoms.